The SMILES string of the molecule is CCCCCCCCCCN(CC(=O)N(CC(=O)N(CCCCCCCCCC)CC(=O)N(CC(N)=O)CC(CC)CCCC)CC(CC)CCCC)C(=O)CCCCN(C(C)C)C(C)C. The van der Waals surface area contributed by atoms with E-state index < -0.39 is 5.91 Å². The molecule has 0 aromatic carbocycles. The predicted molar refractivity (Wildman–Crippen MR) is 278 cm³/mol. The fourth-order valence-corrected chi connectivity index (χ4v) is 9.24. The second-order valence-corrected chi connectivity index (χ2v) is 20.3. The number of unbranched alkanes of at least 4 members (excludes halogenated alkanes) is 17. The fourth-order valence-electron chi connectivity index (χ4n) is 9.24. The number of rotatable bonds is 45. The van der Waals surface area contributed by atoms with E-state index in [1.807, 2.05) is 0 Å². The lowest BCUT2D eigenvalue weighted by atomic mass is 9.98. The highest BCUT2D eigenvalue weighted by Crippen LogP contribution is 2.19. The second-order valence-electron chi connectivity index (χ2n) is 20.3. The van der Waals surface area contributed by atoms with Gasteiger partial charge in [-0.2, -0.15) is 0 Å². The lowest BCUT2D eigenvalue weighted by Crippen LogP contribution is -2.51. The van der Waals surface area contributed by atoms with Gasteiger partial charge in [-0.15, -0.1) is 0 Å². The third kappa shape index (κ3) is 31.4. The smallest absolute Gasteiger partial charge is 0.242 e. The van der Waals surface area contributed by atoms with Crippen LogP contribution in [0.1, 0.15) is 243 Å². The summed E-state index contributed by atoms with van der Waals surface area (Å²) in [5.41, 5.74) is 5.70. The second kappa shape index (κ2) is 41.3. The van der Waals surface area contributed by atoms with E-state index in [0.717, 1.165) is 116 Å². The van der Waals surface area contributed by atoms with Gasteiger partial charge in [-0.25, -0.2) is 0 Å². The van der Waals surface area contributed by atoms with Gasteiger partial charge in [0.2, 0.25) is 29.5 Å². The van der Waals surface area contributed by atoms with Crippen LogP contribution in [0, 0.1) is 11.8 Å². The van der Waals surface area contributed by atoms with E-state index in [2.05, 4.69) is 74.1 Å². The minimum absolute atomic E-state index is 0.0111. The number of nitrogens with two attached hydrogens (primary N) is 1. The molecule has 0 rings (SSSR count). The highest BCUT2D eigenvalue weighted by Gasteiger charge is 2.29. The van der Waals surface area contributed by atoms with Crippen molar-refractivity contribution in [1.29, 1.82) is 0 Å². The van der Waals surface area contributed by atoms with Crippen LogP contribution in [-0.4, -0.2) is 125 Å². The van der Waals surface area contributed by atoms with Crippen LogP contribution in [0.2, 0.25) is 0 Å². The first kappa shape index (κ1) is 63.3. The normalized spacial score (nSPS) is 12.5. The molecule has 2 atom stereocenters. The maximum atomic E-state index is 14.7. The molecular weight excluding hydrogens is 825 g/mol. The Morgan fingerprint density at radius 1 is 0.379 bits per heavy atom. The predicted octanol–water partition coefficient (Wildman–Crippen LogP) is 11.8. The maximum Gasteiger partial charge on any atom is 0.242 e. The van der Waals surface area contributed by atoms with Crippen molar-refractivity contribution < 1.29 is 24.0 Å². The molecule has 2 unspecified atom stereocenters. The van der Waals surface area contributed by atoms with Crippen molar-refractivity contribution in [2.24, 2.45) is 17.6 Å². The summed E-state index contributed by atoms with van der Waals surface area (Å²) < 4.78 is 0. The van der Waals surface area contributed by atoms with Crippen molar-refractivity contribution in [1.82, 2.24) is 24.5 Å². The van der Waals surface area contributed by atoms with E-state index in [1.54, 1.807) is 19.6 Å². The molecule has 66 heavy (non-hydrogen) atoms. The summed E-state index contributed by atoms with van der Waals surface area (Å²) in [6.45, 7) is 24.1. The number of carbonyl (C=O) groups is 5. The van der Waals surface area contributed by atoms with Gasteiger partial charge in [0.15, 0.2) is 0 Å². The van der Waals surface area contributed by atoms with Gasteiger partial charge in [0.05, 0.1) is 26.2 Å². The number of hydrogen-bond donors (Lipinski definition) is 1. The molecule has 5 amide bonds. The van der Waals surface area contributed by atoms with Gasteiger partial charge < -0.3 is 25.3 Å². The molecule has 0 aromatic heterocycles. The summed E-state index contributed by atoms with van der Waals surface area (Å²) in [5.74, 6) is -0.851. The van der Waals surface area contributed by atoms with Crippen LogP contribution < -0.4 is 5.73 Å². The molecule has 0 saturated heterocycles. The first-order chi connectivity index (χ1) is 31.7. The first-order valence-corrected chi connectivity index (χ1v) is 27.8. The number of carbonyl (C=O) groups excluding carboxylic acids is 5. The van der Waals surface area contributed by atoms with E-state index in [9.17, 15) is 24.0 Å². The highest BCUT2D eigenvalue weighted by atomic mass is 16.2. The lowest BCUT2D eigenvalue weighted by Gasteiger charge is -2.33. The van der Waals surface area contributed by atoms with E-state index >= 15 is 0 Å². The third-order valence-corrected chi connectivity index (χ3v) is 13.7. The van der Waals surface area contributed by atoms with Crippen LogP contribution in [0.4, 0.5) is 0 Å². The van der Waals surface area contributed by atoms with Crippen molar-refractivity contribution >= 4 is 29.5 Å². The van der Waals surface area contributed by atoms with Gasteiger partial charge >= 0.3 is 0 Å². The van der Waals surface area contributed by atoms with Crippen LogP contribution in [0.25, 0.3) is 0 Å². The molecule has 11 nitrogen and oxygen atoms in total. The van der Waals surface area contributed by atoms with Crippen molar-refractivity contribution in [2.75, 3.05) is 58.9 Å². The topological polar surface area (TPSA) is 128 Å². The lowest BCUT2D eigenvalue weighted by molar-refractivity contribution is -0.147. The molecule has 0 bridgehead atoms. The zero-order valence-corrected chi connectivity index (χ0v) is 45.1. The van der Waals surface area contributed by atoms with Gasteiger partial charge in [-0.05, 0) is 84.6 Å². The molecule has 0 aliphatic carbocycles. The average Bonchev–Trinajstić information content (AvgIpc) is 3.28. The minimum Gasteiger partial charge on any atom is -0.368 e. The van der Waals surface area contributed by atoms with E-state index in [1.165, 1.54) is 57.8 Å². The summed E-state index contributed by atoms with van der Waals surface area (Å²) in [7, 11) is 0. The molecule has 0 aromatic rings. The Morgan fingerprint density at radius 3 is 1.09 bits per heavy atom. The standard InChI is InChI=1S/C55H108N6O5/c1-11-17-21-23-25-27-29-32-38-57(52(63)37-31-34-40-61(47(7)8)48(9)10)44-55(66)60(42-50(16-6)36-20-14-4)46-53(64)58(39-33-30-28-26-24-22-18-12-2)45-54(65)59(43-51(56)62)41-49(15-5)35-19-13-3/h47-50H,11-46H2,1-10H3,(H2,56,62). The van der Waals surface area contributed by atoms with Crippen LogP contribution in [0.3, 0.4) is 0 Å². The zero-order valence-electron chi connectivity index (χ0n) is 45.1. The summed E-state index contributed by atoms with van der Waals surface area (Å²) in [6, 6.07) is 0.865. The minimum atomic E-state index is -0.566. The van der Waals surface area contributed by atoms with Gasteiger partial charge in [0.25, 0.3) is 0 Å². The van der Waals surface area contributed by atoms with Crippen LogP contribution >= 0.6 is 0 Å². The van der Waals surface area contributed by atoms with Gasteiger partial charge in [-0.3, -0.25) is 28.9 Å². The largest absolute Gasteiger partial charge is 0.368 e. The molecule has 2 N–H and O–H groups in total. The average molecular weight is 934 g/mol. The number of nitrogens with zero attached hydrogens (tertiary/aromatic N) is 5. The van der Waals surface area contributed by atoms with Gasteiger partial charge in [-0.1, -0.05) is 170 Å². The molecule has 0 radical (unpaired) electrons. The summed E-state index contributed by atoms with van der Waals surface area (Å²) in [4.78, 5) is 78.9. The monoisotopic (exact) mass is 933 g/mol. The van der Waals surface area contributed by atoms with Gasteiger partial charge in [0, 0.05) is 44.7 Å². The number of amides is 5. The molecule has 11 heteroatoms. The van der Waals surface area contributed by atoms with Crippen LogP contribution in [0.15, 0.2) is 0 Å². The summed E-state index contributed by atoms with van der Waals surface area (Å²) in [6.07, 6.45) is 27.9. The molecule has 0 heterocycles. The van der Waals surface area contributed by atoms with Crippen molar-refractivity contribution in [3.05, 3.63) is 0 Å². The Labute approximate surface area is 407 Å². The molecule has 0 aliphatic heterocycles. The summed E-state index contributed by atoms with van der Waals surface area (Å²) >= 11 is 0. The van der Waals surface area contributed by atoms with Crippen LogP contribution in [-0.2, 0) is 24.0 Å². The Morgan fingerprint density at radius 2 is 0.712 bits per heavy atom. The Bertz CT molecular complexity index is 1240. The van der Waals surface area contributed by atoms with Crippen LogP contribution in [0.5, 0.6) is 0 Å². The number of hydrogen-bond acceptors (Lipinski definition) is 6. The van der Waals surface area contributed by atoms with E-state index in [-0.39, 0.29) is 61.6 Å². The van der Waals surface area contributed by atoms with Gasteiger partial charge in [0.1, 0.15) is 0 Å². The molecule has 388 valence electrons. The van der Waals surface area contributed by atoms with Crippen molar-refractivity contribution in [3.8, 4) is 0 Å². The van der Waals surface area contributed by atoms with Crippen molar-refractivity contribution in [2.45, 2.75) is 255 Å². The zero-order chi connectivity index (χ0) is 49.5. The summed E-state index contributed by atoms with van der Waals surface area (Å²) in [5, 5.41) is 0. The highest BCUT2D eigenvalue weighted by molar-refractivity contribution is 5.91. The van der Waals surface area contributed by atoms with E-state index in [4.69, 9.17) is 5.73 Å². The number of primary amides is 1. The molecular formula is C55H108N6O5. The Kier molecular flexibility index (Phi) is 39.6. The first-order valence-electron chi connectivity index (χ1n) is 27.8. The van der Waals surface area contributed by atoms with E-state index in [0.29, 0.717) is 44.7 Å². The third-order valence-electron chi connectivity index (χ3n) is 13.7. The Hall–Kier alpha value is -2.69. The molecule has 0 spiro atoms. The fraction of sp³-hybridized carbons (Fsp3) is 0.909. The quantitative estimate of drug-likeness (QED) is 0.0606. The van der Waals surface area contributed by atoms with Crippen molar-refractivity contribution in [3.63, 3.8) is 0 Å². The molecule has 0 aliphatic rings. The molecule has 0 fully saturated rings. The molecule has 0 saturated carbocycles. The maximum absolute atomic E-state index is 14.7. The Balaban J connectivity index is 6.58.